The van der Waals surface area contributed by atoms with Crippen molar-refractivity contribution in [2.45, 2.75) is 4.90 Å². The fraction of sp³-hybridized carbons (Fsp3) is 0.429. The molecule has 7 heteroatoms. The van der Waals surface area contributed by atoms with Gasteiger partial charge in [-0.05, 0) is 18.4 Å². The lowest BCUT2D eigenvalue weighted by atomic mass is 10.0. The van der Waals surface area contributed by atoms with Crippen LogP contribution in [0.15, 0.2) is 29.2 Å². The van der Waals surface area contributed by atoms with Crippen LogP contribution < -0.4 is 10.6 Å². The van der Waals surface area contributed by atoms with Crippen LogP contribution in [-0.2, 0) is 9.59 Å². The number of nitrogens with one attached hydrogen (secondary N) is 2. The molecular weight excluding hydrogens is 310 g/mol. The zero-order valence-electron chi connectivity index (χ0n) is 12.1. The van der Waals surface area contributed by atoms with Crippen molar-refractivity contribution >= 4 is 41.7 Å². The van der Waals surface area contributed by atoms with Gasteiger partial charge in [0.05, 0.1) is 18.2 Å². The molecule has 1 fully saturated rings. The lowest BCUT2D eigenvalue weighted by molar-refractivity contribution is -0.138. The van der Waals surface area contributed by atoms with Gasteiger partial charge in [-0.2, -0.15) is 0 Å². The van der Waals surface area contributed by atoms with Crippen LogP contribution in [0.5, 0.6) is 0 Å². The molecule has 1 aromatic carbocycles. The Kier molecular flexibility index (Phi) is 7.01. The third kappa shape index (κ3) is 4.62. The summed E-state index contributed by atoms with van der Waals surface area (Å²) < 4.78 is 0. The number of hydrogen-bond acceptors (Lipinski definition) is 4. The second-order valence-corrected chi connectivity index (χ2v) is 5.65. The topological polar surface area (TPSA) is 61.4 Å². The summed E-state index contributed by atoms with van der Waals surface area (Å²) >= 11 is 1.58. The predicted octanol–water partition coefficient (Wildman–Crippen LogP) is 1.45. The average Bonchev–Trinajstić information content (AvgIpc) is 2.37. The van der Waals surface area contributed by atoms with Crippen LogP contribution >= 0.6 is 24.2 Å². The first-order valence-electron chi connectivity index (χ1n) is 6.50. The fourth-order valence-electron chi connectivity index (χ4n) is 2.01. The van der Waals surface area contributed by atoms with E-state index in [1.165, 1.54) is 4.90 Å². The molecule has 2 N–H and O–H groups in total. The average molecular weight is 330 g/mol. The summed E-state index contributed by atoms with van der Waals surface area (Å²) in [5, 5.41) is 5.91. The van der Waals surface area contributed by atoms with Crippen molar-refractivity contribution in [2.75, 3.05) is 38.3 Å². The monoisotopic (exact) mass is 329 g/mol. The number of amides is 2. The van der Waals surface area contributed by atoms with Crippen molar-refractivity contribution in [1.82, 2.24) is 10.2 Å². The minimum atomic E-state index is -0.172. The Morgan fingerprint density at radius 3 is 2.62 bits per heavy atom. The number of carbonyl (C=O) groups excluding carboxylic acids is 2. The summed E-state index contributed by atoms with van der Waals surface area (Å²) in [5.74, 6) is -0.127. The van der Waals surface area contributed by atoms with Crippen molar-refractivity contribution in [2.24, 2.45) is 5.92 Å². The maximum atomic E-state index is 12.0. The zero-order valence-corrected chi connectivity index (χ0v) is 13.7. The summed E-state index contributed by atoms with van der Waals surface area (Å²) in [6.45, 7) is 1.50. The maximum absolute atomic E-state index is 12.0. The van der Waals surface area contributed by atoms with Crippen molar-refractivity contribution in [3.63, 3.8) is 0 Å². The smallest absolute Gasteiger partial charge is 0.244 e. The Morgan fingerprint density at radius 1 is 1.38 bits per heavy atom. The van der Waals surface area contributed by atoms with Gasteiger partial charge in [0.1, 0.15) is 0 Å². The minimum absolute atomic E-state index is 0. The molecular formula is C14H20ClN3O2S. The molecule has 0 aliphatic carbocycles. The predicted molar refractivity (Wildman–Crippen MR) is 88.1 cm³/mol. The number of hydrogen-bond donors (Lipinski definition) is 2. The molecule has 0 radical (unpaired) electrons. The number of anilines is 1. The Labute approximate surface area is 135 Å². The van der Waals surface area contributed by atoms with Crippen LogP contribution in [0, 0.1) is 5.92 Å². The quantitative estimate of drug-likeness (QED) is 0.803. The number of rotatable bonds is 5. The molecule has 1 saturated heterocycles. The Bertz CT molecular complexity index is 509. The van der Waals surface area contributed by atoms with Crippen molar-refractivity contribution in [1.29, 1.82) is 0 Å². The molecule has 116 valence electrons. The second kappa shape index (κ2) is 8.26. The lowest BCUT2D eigenvalue weighted by Crippen LogP contribution is -2.52. The highest BCUT2D eigenvalue weighted by molar-refractivity contribution is 7.98. The highest BCUT2D eigenvalue weighted by Crippen LogP contribution is 2.24. The molecule has 1 aliphatic rings. The van der Waals surface area contributed by atoms with Crippen LogP contribution in [0.1, 0.15) is 0 Å². The van der Waals surface area contributed by atoms with Crippen LogP contribution in [0.3, 0.4) is 0 Å². The third-order valence-corrected chi connectivity index (χ3v) is 4.06. The van der Waals surface area contributed by atoms with E-state index in [0.29, 0.717) is 13.1 Å². The number of carbonyl (C=O) groups is 2. The summed E-state index contributed by atoms with van der Waals surface area (Å²) in [4.78, 5) is 26.4. The lowest BCUT2D eigenvalue weighted by Gasteiger charge is -2.30. The molecule has 0 aromatic heterocycles. The summed E-state index contributed by atoms with van der Waals surface area (Å²) in [5.41, 5.74) is 0.788. The summed E-state index contributed by atoms with van der Waals surface area (Å²) in [6, 6.07) is 7.63. The molecule has 0 saturated carbocycles. The summed E-state index contributed by atoms with van der Waals surface area (Å²) in [7, 11) is 1.67. The van der Waals surface area contributed by atoms with Crippen LogP contribution in [0.4, 0.5) is 5.69 Å². The number of benzene rings is 1. The Balaban J connectivity index is 0.00000220. The molecule has 5 nitrogen and oxygen atoms in total. The number of nitrogens with zero attached hydrogens (tertiary/aromatic N) is 1. The van der Waals surface area contributed by atoms with Gasteiger partial charge < -0.3 is 15.5 Å². The van der Waals surface area contributed by atoms with Gasteiger partial charge in [-0.25, -0.2) is 0 Å². The molecule has 21 heavy (non-hydrogen) atoms. The van der Waals surface area contributed by atoms with Gasteiger partial charge in [0, 0.05) is 25.0 Å². The Morgan fingerprint density at radius 2 is 2.05 bits per heavy atom. The van der Waals surface area contributed by atoms with Gasteiger partial charge in [-0.1, -0.05) is 12.1 Å². The molecule has 1 heterocycles. The number of likely N-dealkylation sites (N-methyl/N-ethyl adjacent to an activating group) is 1. The van der Waals surface area contributed by atoms with Gasteiger partial charge in [-0.15, -0.1) is 24.2 Å². The van der Waals surface area contributed by atoms with Gasteiger partial charge in [0.15, 0.2) is 0 Å². The minimum Gasteiger partial charge on any atom is -0.336 e. The van der Waals surface area contributed by atoms with E-state index in [0.717, 1.165) is 10.6 Å². The van der Waals surface area contributed by atoms with Crippen molar-refractivity contribution in [3.05, 3.63) is 24.3 Å². The normalized spacial score (nSPS) is 13.8. The van der Waals surface area contributed by atoms with E-state index in [4.69, 9.17) is 0 Å². The van der Waals surface area contributed by atoms with E-state index in [1.807, 2.05) is 30.5 Å². The molecule has 2 amide bonds. The van der Waals surface area contributed by atoms with E-state index in [9.17, 15) is 9.59 Å². The first-order valence-corrected chi connectivity index (χ1v) is 7.73. The first-order chi connectivity index (χ1) is 9.61. The molecule has 1 aromatic rings. The largest absolute Gasteiger partial charge is 0.336 e. The van der Waals surface area contributed by atoms with E-state index in [-0.39, 0.29) is 36.7 Å². The number of para-hydroxylation sites is 1. The number of halogens is 1. The number of thioether (sulfide) groups is 1. The molecule has 0 unspecified atom stereocenters. The Hall–Kier alpha value is -1.24. The van der Waals surface area contributed by atoms with Gasteiger partial charge in [0.2, 0.25) is 11.8 Å². The van der Waals surface area contributed by atoms with E-state index in [2.05, 4.69) is 10.6 Å². The van der Waals surface area contributed by atoms with Crippen LogP contribution in [-0.4, -0.2) is 49.7 Å². The van der Waals surface area contributed by atoms with Gasteiger partial charge in [-0.3, -0.25) is 9.59 Å². The van der Waals surface area contributed by atoms with Crippen molar-refractivity contribution in [3.8, 4) is 0 Å². The van der Waals surface area contributed by atoms with Gasteiger partial charge >= 0.3 is 0 Å². The highest BCUT2D eigenvalue weighted by atomic mass is 35.5. The molecule has 1 aliphatic heterocycles. The highest BCUT2D eigenvalue weighted by Gasteiger charge is 2.28. The molecule has 0 spiro atoms. The molecule has 0 bridgehead atoms. The van der Waals surface area contributed by atoms with Crippen molar-refractivity contribution < 1.29 is 9.59 Å². The fourth-order valence-corrected chi connectivity index (χ4v) is 2.56. The van der Waals surface area contributed by atoms with E-state index < -0.39 is 0 Å². The summed E-state index contributed by atoms with van der Waals surface area (Å²) in [6.07, 6.45) is 1.96. The molecule has 0 atom stereocenters. The van der Waals surface area contributed by atoms with Gasteiger partial charge in [0.25, 0.3) is 0 Å². The van der Waals surface area contributed by atoms with E-state index >= 15 is 0 Å². The maximum Gasteiger partial charge on any atom is 0.244 e. The van der Waals surface area contributed by atoms with Crippen LogP contribution in [0.25, 0.3) is 0 Å². The molecule has 2 rings (SSSR count). The standard InChI is InChI=1S/C14H19N3O2S.ClH/c1-17(14(19)10-7-15-8-10)9-13(18)16-11-5-3-4-6-12(11)20-2;/h3-6,10,15H,7-9H2,1-2H3,(H,16,18);1H. The second-order valence-electron chi connectivity index (χ2n) is 4.80. The van der Waals surface area contributed by atoms with E-state index in [1.54, 1.807) is 18.8 Å². The van der Waals surface area contributed by atoms with Crippen LogP contribution in [0.2, 0.25) is 0 Å². The first kappa shape index (κ1) is 17.8. The SMILES string of the molecule is CSc1ccccc1NC(=O)CN(C)C(=O)C1CNC1.Cl. The zero-order chi connectivity index (χ0) is 14.5. The third-order valence-electron chi connectivity index (χ3n) is 3.27.